The summed E-state index contributed by atoms with van der Waals surface area (Å²) in [4.78, 5) is 15.8. The summed E-state index contributed by atoms with van der Waals surface area (Å²) in [5.41, 5.74) is 7.85. The van der Waals surface area contributed by atoms with E-state index in [-0.39, 0.29) is 6.03 Å². The first-order valence-electron chi connectivity index (χ1n) is 10.7. The highest BCUT2D eigenvalue weighted by atomic mass is 16.2. The van der Waals surface area contributed by atoms with Crippen molar-refractivity contribution in [2.45, 2.75) is 40.3 Å². The quantitative estimate of drug-likeness (QED) is 0.419. The Bertz CT molecular complexity index is 1190. The third-order valence-electron chi connectivity index (χ3n) is 5.82. The highest BCUT2D eigenvalue weighted by molar-refractivity contribution is 5.84. The number of rotatable bonds is 7. The molecule has 0 atom stereocenters. The largest absolute Gasteiger partial charge is 0.358 e. The van der Waals surface area contributed by atoms with Crippen molar-refractivity contribution in [1.82, 2.24) is 25.4 Å². The summed E-state index contributed by atoms with van der Waals surface area (Å²) in [5, 5.41) is 11.8. The van der Waals surface area contributed by atoms with Crippen LogP contribution in [0.25, 0.3) is 10.9 Å². The van der Waals surface area contributed by atoms with E-state index in [0.717, 1.165) is 41.1 Å². The SMILES string of the molecule is Cc1nn(Cc2ccccc2)c(C)c1CNC(=O)NCCc1c(C)[nH]c2ccccc12. The molecule has 2 amide bonds. The van der Waals surface area contributed by atoms with Gasteiger partial charge in [0.25, 0.3) is 0 Å². The lowest BCUT2D eigenvalue weighted by molar-refractivity contribution is 0.240. The molecule has 6 nitrogen and oxygen atoms in total. The Morgan fingerprint density at radius 2 is 1.71 bits per heavy atom. The van der Waals surface area contributed by atoms with Gasteiger partial charge < -0.3 is 15.6 Å². The van der Waals surface area contributed by atoms with Crippen LogP contribution in [-0.2, 0) is 19.5 Å². The van der Waals surface area contributed by atoms with Gasteiger partial charge in [0.05, 0.1) is 12.2 Å². The lowest BCUT2D eigenvalue weighted by Crippen LogP contribution is -2.36. The highest BCUT2D eigenvalue weighted by Gasteiger charge is 2.13. The predicted octanol–water partition coefficient (Wildman–Crippen LogP) is 4.38. The van der Waals surface area contributed by atoms with Gasteiger partial charge in [-0.15, -0.1) is 0 Å². The normalized spacial score (nSPS) is 11.1. The first-order valence-corrected chi connectivity index (χ1v) is 10.7. The summed E-state index contributed by atoms with van der Waals surface area (Å²) in [7, 11) is 0. The highest BCUT2D eigenvalue weighted by Crippen LogP contribution is 2.22. The minimum Gasteiger partial charge on any atom is -0.358 e. The molecule has 2 aromatic heterocycles. The minimum atomic E-state index is -0.160. The number of fused-ring (bicyclic) bond motifs is 1. The number of para-hydroxylation sites is 1. The third-order valence-corrected chi connectivity index (χ3v) is 5.82. The minimum absolute atomic E-state index is 0.160. The number of carbonyl (C=O) groups is 1. The van der Waals surface area contributed by atoms with Crippen LogP contribution in [0.5, 0.6) is 0 Å². The van der Waals surface area contributed by atoms with Crippen LogP contribution < -0.4 is 10.6 Å². The number of nitrogens with one attached hydrogen (secondary N) is 3. The number of carbonyl (C=O) groups excluding carboxylic acids is 1. The standard InChI is InChI=1S/C25H29N5O/c1-17-21(22-11-7-8-12-24(22)28-17)13-14-26-25(31)27-15-23-18(2)29-30(19(23)3)16-20-9-5-4-6-10-20/h4-12,28H,13-16H2,1-3H3,(H2,26,27,31). The van der Waals surface area contributed by atoms with Gasteiger partial charge in [0, 0.05) is 40.9 Å². The Hall–Kier alpha value is -3.54. The number of aromatic amines is 1. The molecule has 4 aromatic rings. The van der Waals surface area contributed by atoms with Crippen molar-refractivity contribution in [2.24, 2.45) is 0 Å². The van der Waals surface area contributed by atoms with Gasteiger partial charge in [-0.05, 0) is 44.4 Å². The van der Waals surface area contributed by atoms with Crippen LogP contribution in [-0.4, -0.2) is 27.3 Å². The Balaban J connectivity index is 1.31. The van der Waals surface area contributed by atoms with Crippen LogP contribution in [0.3, 0.4) is 0 Å². The van der Waals surface area contributed by atoms with Gasteiger partial charge in [0.1, 0.15) is 0 Å². The first-order chi connectivity index (χ1) is 15.0. The van der Waals surface area contributed by atoms with E-state index in [1.165, 1.54) is 16.5 Å². The Morgan fingerprint density at radius 3 is 2.52 bits per heavy atom. The second kappa shape index (κ2) is 9.08. The van der Waals surface area contributed by atoms with E-state index in [1.807, 2.05) is 41.9 Å². The van der Waals surface area contributed by atoms with E-state index in [0.29, 0.717) is 13.1 Å². The molecule has 0 saturated carbocycles. The smallest absolute Gasteiger partial charge is 0.315 e. The Labute approximate surface area is 182 Å². The van der Waals surface area contributed by atoms with Gasteiger partial charge in [-0.1, -0.05) is 48.5 Å². The number of hydrogen-bond acceptors (Lipinski definition) is 2. The second-order valence-corrected chi connectivity index (χ2v) is 7.93. The van der Waals surface area contributed by atoms with Crippen LogP contribution in [0.4, 0.5) is 4.79 Å². The monoisotopic (exact) mass is 415 g/mol. The molecule has 0 aliphatic carbocycles. The molecule has 0 fully saturated rings. The summed E-state index contributed by atoms with van der Waals surface area (Å²) in [6, 6.07) is 18.4. The Morgan fingerprint density at radius 1 is 0.968 bits per heavy atom. The van der Waals surface area contributed by atoms with E-state index in [1.54, 1.807) is 0 Å². The number of aryl methyl sites for hydroxylation is 2. The van der Waals surface area contributed by atoms with Crippen LogP contribution in [0.1, 0.15) is 33.8 Å². The fraction of sp³-hybridized carbons (Fsp3) is 0.280. The van der Waals surface area contributed by atoms with E-state index < -0.39 is 0 Å². The summed E-state index contributed by atoms with van der Waals surface area (Å²) in [6.07, 6.45) is 0.788. The zero-order valence-corrected chi connectivity index (χ0v) is 18.3. The zero-order valence-electron chi connectivity index (χ0n) is 18.3. The average molecular weight is 416 g/mol. The molecule has 4 rings (SSSR count). The molecule has 0 unspecified atom stereocenters. The number of benzene rings is 2. The van der Waals surface area contributed by atoms with Gasteiger partial charge in [0.15, 0.2) is 0 Å². The van der Waals surface area contributed by atoms with Gasteiger partial charge in [-0.3, -0.25) is 4.68 Å². The topological polar surface area (TPSA) is 74.7 Å². The van der Waals surface area contributed by atoms with E-state index in [2.05, 4.69) is 58.8 Å². The summed E-state index contributed by atoms with van der Waals surface area (Å²) in [5.74, 6) is 0. The number of aromatic nitrogens is 3. The molecule has 3 N–H and O–H groups in total. The predicted molar refractivity (Wildman–Crippen MR) is 124 cm³/mol. The molecule has 0 aliphatic heterocycles. The van der Waals surface area contributed by atoms with Gasteiger partial charge in [0.2, 0.25) is 0 Å². The average Bonchev–Trinajstić information content (AvgIpc) is 3.22. The molecule has 160 valence electrons. The molecule has 0 aliphatic rings. The van der Waals surface area contributed by atoms with Gasteiger partial charge in [-0.2, -0.15) is 5.10 Å². The van der Waals surface area contributed by atoms with Crippen LogP contribution in [0.2, 0.25) is 0 Å². The molecular weight excluding hydrogens is 386 g/mol. The first kappa shape index (κ1) is 20.7. The molecular formula is C25H29N5O. The lowest BCUT2D eigenvalue weighted by atomic mass is 10.1. The van der Waals surface area contributed by atoms with Gasteiger partial charge >= 0.3 is 6.03 Å². The number of hydrogen-bond donors (Lipinski definition) is 3. The molecule has 2 aromatic carbocycles. The molecule has 0 radical (unpaired) electrons. The van der Waals surface area contributed by atoms with Crippen LogP contribution >= 0.6 is 0 Å². The summed E-state index contributed by atoms with van der Waals surface area (Å²) in [6.45, 7) is 7.89. The fourth-order valence-electron chi connectivity index (χ4n) is 4.09. The summed E-state index contributed by atoms with van der Waals surface area (Å²) < 4.78 is 2.00. The Kier molecular flexibility index (Phi) is 6.07. The molecule has 6 heteroatoms. The van der Waals surface area contributed by atoms with Crippen molar-refractivity contribution in [1.29, 1.82) is 0 Å². The van der Waals surface area contributed by atoms with Crippen molar-refractivity contribution in [3.63, 3.8) is 0 Å². The van der Waals surface area contributed by atoms with Crippen molar-refractivity contribution in [2.75, 3.05) is 6.54 Å². The van der Waals surface area contributed by atoms with Crippen molar-refractivity contribution in [3.8, 4) is 0 Å². The maximum atomic E-state index is 12.4. The van der Waals surface area contributed by atoms with Crippen molar-refractivity contribution >= 4 is 16.9 Å². The van der Waals surface area contributed by atoms with E-state index in [9.17, 15) is 4.79 Å². The van der Waals surface area contributed by atoms with Gasteiger partial charge in [-0.25, -0.2) is 4.79 Å². The maximum absolute atomic E-state index is 12.4. The zero-order chi connectivity index (χ0) is 21.8. The third kappa shape index (κ3) is 4.63. The van der Waals surface area contributed by atoms with E-state index in [4.69, 9.17) is 0 Å². The molecule has 0 spiro atoms. The summed E-state index contributed by atoms with van der Waals surface area (Å²) >= 11 is 0. The van der Waals surface area contributed by atoms with Crippen molar-refractivity contribution < 1.29 is 4.79 Å². The number of amides is 2. The van der Waals surface area contributed by atoms with E-state index >= 15 is 0 Å². The second-order valence-electron chi connectivity index (χ2n) is 7.93. The maximum Gasteiger partial charge on any atom is 0.315 e. The fourth-order valence-corrected chi connectivity index (χ4v) is 4.09. The number of nitrogens with zero attached hydrogens (tertiary/aromatic N) is 2. The number of H-pyrrole nitrogens is 1. The van der Waals surface area contributed by atoms with Crippen LogP contribution in [0, 0.1) is 20.8 Å². The lowest BCUT2D eigenvalue weighted by Gasteiger charge is -2.09. The molecule has 0 bridgehead atoms. The molecule has 0 saturated heterocycles. The van der Waals surface area contributed by atoms with Crippen LogP contribution in [0.15, 0.2) is 54.6 Å². The number of urea groups is 1. The molecule has 2 heterocycles. The van der Waals surface area contributed by atoms with Crippen molar-refractivity contribution in [3.05, 3.63) is 88.4 Å². The molecule has 31 heavy (non-hydrogen) atoms.